The molecular formula is C21H21FN4O. The lowest BCUT2D eigenvalue weighted by Crippen LogP contribution is -2.32. The number of aryl methyl sites for hydroxylation is 1. The fourth-order valence-electron chi connectivity index (χ4n) is 3.31. The molecule has 6 heteroatoms. The highest BCUT2D eigenvalue weighted by Gasteiger charge is 2.36. The molecule has 2 aromatic carbocycles. The Hall–Kier alpha value is -3.02. The van der Waals surface area contributed by atoms with Crippen molar-refractivity contribution in [3.8, 4) is 11.1 Å². The van der Waals surface area contributed by atoms with Gasteiger partial charge in [0.1, 0.15) is 18.0 Å². The predicted molar refractivity (Wildman–Crippen MR) is 100 cm³/mol. The minimum atomic E-state index is -0.296. The van der Waals surface area contributed by atoms with E-state index in [1.807, 2.05) is 29.8 Å². The van der Waals surface area contributed by atoms with Crippen LogP contribution < -0.4 is 5.32 Å². The quantitative estimate of drug-likeness (QED) is 0.720. The number of halogens is 1. The third-order valence-electron chi connectivity index (χ3n) is 4.89. The highest BCUT2D eigenvalue weighted by molar-refractivity contribution is 5.95. The van der Waals surface area contributed by atoms with Crippen molar-refractivity contribution in [3.05, 3.63) is 72.1 Å². The highest BCUT2D eigenvalue weighted by atomic mass is 19.1. The van der Waals surface area contributed by atoms with Gasteiger partial charge in [-0.25, -0.2) is 14.1 Å². The molecule has 1 amide bonds. The summed E-state index contributed by atoms with van der Waals surface area (Å²) in [6.45, 7) is 2.72. The van der Waals surface area contributed by atoms with Gasteiger partial charge in [0.15, 0.2) is 0 Å². The summed E-state index contributed by atoms with van der Waals surface area (Å²) in [5, 5.41) is 7.35. The molecule has 3 aromatic rings. The minimum Gasteiger partial charge on any atom is -0.342 e. The second-order valence-corrected chi connectivity index (χ2v) is 6.81. The van der Waals surface area contributed by atoms with E-state index in [9.17, 15) is 9.18 Å². The zero-order valence-corrected chi connectivity index (χ0v) is 15.1. The van der Waals surface area contributed by atoms with Crippen molar-refractivity contribution >= 4 is 5.91 Å². The summed E-state index contributed by atoms with van der Waals surface area (Å²) in [6, 6.07) is 13.5. The first-order valence-electron chi connectivity index (χ1n) is 9.20. The minimum absolute atomic E-state index is 0.141. The van der Waals surface area contributed by atoms with Crippen molar-refractivity contribution in [1.82, 2.24) is 20.1 Å². The average molecular weight is 364 g/mol. The summed E-state index contributed by atoms with van der Waals surface area (Å²) in [7, 11) is 0. The molecule has 0 radical (unpaired) electrons. The first-order chi connectivity index (χ1) is 13.2. The van der Waals surface area contributed by atoms with E-state index in [1.54, 1.807) is 18.2 Å². The van der Waals surface area contributed by atoms with Crippen LogP contribution in [0.25, 0.3) is 11.1 Å². The summed E-state index contributed by atoms with van der Waals surface area (Å²) in [6.07, 6.45) is 3.68. The maximum absolute atomic E-state index is 13.5. The van der Waals surface area contributed by atoms with E-state index < -0.39 is 0 Å². The van der Waals surface area contributed by atoms with Crippen molar-refractivity contribution in [2.24, 2.45) is 5.92 Å². The van der Waals surface area contributed by atoms with Crippen LogP contribution in [-0.2, 0) is 6.54 Å². The summed E-state index contributed by atoms with van der Waals surface area (Å²) in [5.41, 5.74) is 2.10. The molecule has 0 saturated heterocycles. The van der Waals surface area contributed by atoms with Crippen LogP contribution in [0.1, 0.15) is 42.0 Å². The molecular weight excluding hydrogens is 343 g/mol. The number of nitrogens with zero attached hydrogens (tertiary/aromatic N) is 3. The lowest BCUT2D eigenvalue weighted by Gasteiger charge is -2.18. The van der Waals surface area contributed by atoms with E-state index in [1.165, 1.54) is 18.5 Å². The third kappa shape index (κ3) is 3.74. The lowest BCUT2D eigenvalue weighted by molar-refractivity contribution is 0.0928. The van der Waals surface area contributed by atoms with Gasteiger partial charge in [-0.1, -0.05) is 24.3 Å². The van der Waals surface area contributed by atoms with E-state index in [4.69, 9.17) is 0 Å². The normalized spacial score (nSPS) is 14.7. The molecule has 1 saturated carbocycles. The average Bonchev–Trinajstić information content (AvgIpc) is 3.42. The Morgan fingerprint density at radius 3 is 2.67 bits per heavy atom. The maximum atomic E-state index is 13.5. The van der Waals surface area contributed by atoms with Crippen molar-refractivity contribution < 1.29 is 9.18 Å². The number of nitrogens with one attached hydrogen (secondary N) is 1. The Morgan fingerprint density at radius 1 is 1.22 bits per heavy atom. The Kier molecular flexibility index (Phi) is 4.71. The number of aromatic nitrogens is 3. The molecule has 1 fully saturated rings. The number of carbonyl (C=O) groups is 1. The second kappa shape index (κ2) is 7.31. The molecule has 4 rings (SSSR count). The van der Waals surface area contributed by atoms with Gasteiger partial charge in [0.25, 0.3) is 5.91 Å². The SMILES string of the molecule is CCn1ncnc1C(NC(=O)c1cccc(-c2cccc(F)c2)c1)C1CC1. The monoisotopic (exact) mass is 364 g/mol. The van der Waals surface area contributed by atoms with Gasteiger partial charge in [-0.2, -0.15) is 5.10 Å². The Labute approximate surface area is 157 Å². The fraction of sp³-hybridized carbons (Fsp3) is 0.286. The van der Waals surface area contributed by atoms with E-state index in [-0.39, 0.29) is 17.8 Å². The number of carbonyl (C=O) groups excluding carboxylic acids is 1. The molecule has 1 aliphatic carbocycles. The smallest absolute Gasteiger partial charge is 0.251 e. The van der Waals surface area contributed by atoms with Crippen LogP contribution in [0.2, 0.25) is 0 Å². The summed E-state index contributed by atoms with van der Waals surface area (Å²) in [4.78, 5) is 17.3. The molecule has 1 atom stereocenters. The van der Waals surface area contributed by atoms with Gasteiger partial charge in [0, 0.05) is 12.1 Å². The van der Waals surface area contributed by atoms with Gasteiger partial charge in [-0.05, 0) is 61.1 Å². The summed E-state index contributed by atoms with van der Waals surface area (Å²) < 4.78 is 15.3. The van der Waals surface area contributed by atoms with E-state index >= 15 is 0 Å². The molecule has 1 aliphatic rings. The van der Waals surface area contributed by atoms with Crippen LogP contribution in [0.15, 0.2) is 54.9 Å². The molecule has 1 unspecified atom stereocenters. The molecule has 0 spiro atoms. The number of benzene rings is 2. The van der Waals surface area contributed by atoms with Crippen molar-refractivity contribution in [2.75, 3.05) is 0 Å². The van der Waals surface area contributed by atoms with Crippen LogP contribution >= 0.6 is 0 Å². The van der Waals surface area contributed by atoms with Crippen LogP contribution in [0.3, 0.4) is 0 Å². The van der Waals surface area contributed by atoms with Crippen LogP contribution in [0.4, 0.5) is 4.39 Å². The Balaban J connectivity index is 1.58. The zero-order valence-electron chi connectivity index (χ0n) is 15.1. The first-order valence-corrected chi connectivity index (χ1v) is 9.20. The van der Waals surface area contributed by atoms with Crippen LogP contribution in [0.5, 0.6) is 0 Å². The molecule has 1 aromatic heterocycles. The zero-order chi connectivity index (χ0) is 18.8. The van der Waals surface area contributed by atoms with Gasteiger partial charge in [-0.3, -0.25) is 4.79 Å². The molecule has 5 nitrogen and oxygen atoms in total. The second-order valence-electron chi connectivity index (χ2n) is 6.81. The Morgan fingerprint density at radius 2 is 1.96 bits per heavy atom. The summed E-state index contributed by atoms with van der Waals surface area (Å²) >= 11 is 0. The van der Waals surface area contributed by atoms with Gasteiger partial charge < -0.3 is 5.32 Å². The molecule has 0 aliphatic heterocycles. The van der Waals surface area contributed by atoms with E-state index in [2.05, 4.69) is 15.4 Å². The van der Waals surface area contributed by atoms with Crippen molar-refractivity contribution in [1.29, 1.82) is 0 Å². The standard InChI is InChI=1S/C21H21FN4O/c1-2-26-20(23-13-24-26)19(14-9-10-14)25-21(27)17-7-3-5-15(11-17)16-6-4-8-18(22)12-16/h3-8,11-14,19H,2,9-10H2,1H3,(H,25,27). The van der Waals surface area contributed by atoms with Crippen LogP contribution in [0, 0.1) is 11.7 Å². The summed E-state index contributed by atoms with van der Waals surface area (Å²) in [5.74, 6) is 0.746. The number of rotatable bonds is 6. The number of hydrogen-bond donors (Lipinski definition) is 1. The highest BCUT2D eigenvalue weighted by Crippen LogP contribution is 2.40. The van der Waals surface area contributed by atoms with Gasteiger partial charge in [-0.15, -0.1) is 0 Å². The Bertz CT molecular complexity index is 964. The molecule has 138 valence electrons. The number of hydrogen-bond acceptors (Lipinski definition) is 3. The topological polar surface area (TPSA) is 59.8 Å². The van der Waals surface area contributed by atoms with Crippen molar-refractivity contribution in [3.63, 3.8) is 0 Å². The van der Waals surface area contributed by atoms with Gasteiger partial charge >= 0.3 is 0 Å². The maximum Gasteiger partial charge on any atom is 0.251 e. The largest absolute Gasteiger partial charge is 0.342 e. The van der Waals surface area contributed by atoms with E-state index in [0.29, 0.717) is 18.0 Å². The van der Waals surface area contributed by atoms with Gasteiger partial charge in [0.2, 0.25) is 0 Å². The van der Waals surface area contributed by atoms with Crippen molar-refractivity contribution in [2.45, 2.75) is 32.4 Å². The van der Waals surface area contributed by atoms with Crippen LogP contribution in [-0.4, -0.2) is 20.7 Å². The van der Waals surface area contributed by atoms with Gasteiger partial charge in [0.05, 0.1) is 6.04 Å². The lowest BCUT2D eigenvalue weighted by atomic mass is 10.0. The molecule has 27 heavy (non-hydrogen) atoms. The molecule has 1 N–H and O–H groups in total. The molecule has 0 bridgehead atoms. The first kappa shape index (κ1) is 17.4. The fourth-order valence-corrected chi connectivity index (χ4v) is 3.31. The van der Waals surface area contributed by atoms with E-state index in [0.717, 1.165) is 29.8 Å². The predicted octanol–water partition coefficient (Wildman–Crippen LogP) is 3.99. The molecule has 1 heterocycles. The third-order valence-corrected chi connectivity index (χ3v) is 4.89. The number of amides is 1.